The van der Waals surface area contributed by atoms with Crippen LogP contribution >= 0.6 is 0 Å². The van der Waals surface area contributed by atoms with Crippen LogP contribution in [0.2, 0.25) is 0 Å². The monoisotopic (exact) mass is 247 g/mol. The molecule has 0 aromatic heterocycles. The first kappa shape index (κ1) is 11.9. The molecule has 0 spiro atoms. The molecule has 1 nitrogen and oxygen atoms in total. The maximum absolute atomic E-state index is 3.20. The minimum absolute atomic E-state index is 0.901. The average molecular weight is 247 g/mol. The van der Waals surface area contributed by atoms with E-state index in [4.69, 9.17) is 0 Å². The smallest absolute Gasteiger partial charge is 0.0202 e. The van der Waals surface area contributed by atoms with Gasteiger partial charge in [0.2, 0.25) is 0 Å². The Bertz CT molecular complexity index is 695. The minimum Gasteiger partial charge on any atom is -0.316 e. The summed E-state index contributed by atoms with van der Waals surface area (Å²) in [6.07, 6.45) is 0. The summed E-state index contributed by atoms with van der Waals surface area (Å²) in [6, 6.07) is 23.8. The second-order valence-corrected chi connectivity index (χ2v) is 4.76. The third-order valence-corrected chi connectivity index (χ3v) is 3.41. The van der Waals surface area contributed by atoms with E-state index in [9.17, 15) is 0 Å². The highest BCUT2D eigenvalue weighted by Crippen LogP contribution is 2.28. The van der Waals surface area contributed by atoms with Crippen LogP contribution in [0, 0.1) is 0 Å². The van der Waals surface area contributed by atoms with E-state index in [1.54, 1.807) is 0 Å². The first-order valence-corrected chi connectivity index (χ1v) is 6.60. The topological polar surface area (TPSA) is 12.0 Å². The molecule has 3 rings (SSSR count). The van der Waals surface area contributed by atoms with Gasteiger partial charge in [0.1, 0.15) is 0 Å². The number of hydrogen-bond acceptors (Lipinski definition) is 1. The van der Waals surface area contributed by atoms with Gasteiger partial charge in [-0.2, -0.15) is 0 Å². The zero-order valence-corrected chi connectivity index (χ0v) is 11.1. The summed E-state index contributed by atoms with van der Waals surface area (Å²) in [5.41, 5.74) is 3.90. The fourth-order valence-corrected chi connectivity index (χ4v) is 2.53. The molecule has 3 aromatic carbocycles. The van der Waals surface area contributed by atoms with Gasteiger partial charge in [-0.3, -0.25) is 0 Å². The number of hydrogen-bond donors (Lipinski definition) is 1. The van der Waals surface area contributed by atoms with E-state index < -0.39 is 0 Å². The van der Waals surface area contributed by atoms with Crippen LogP contribution in [-0.4, -0.2) is 7.05 Å². The van der Waals surface area contributed by atoms with Crippen molar-refractivity contribution in [1.82, 2.24) is 5.32 Å². The predicted molar refractivity (Wildman–Crippen MR) is 82.1 cm³/mol. The van der Waals surface area contributed by atoms with Gasteiger partial charge in [0.05, 0.1) is 0 Å². The Balaban J connectivity index is 2.16. The Labute approximate surface area is 113 Å². The lowest BCUT2D eigenvalue weighted by atomic mass is 9.97. The third-order valence-electron chi connectivity index (χ3n) is 3.41. The molecule has 0 amide bonds. The Morgan fingerprint density at radius 1 is 0.842 bits per heavy atom. The molecule has 0 aliphatic carbocycles. The van der Waals surface area contributed by atoms with Crippen LogP contribution in [0.25, 0.3) is 21.9 Å². The highest BCUT2D eigenvalue weighted by molar-refractivity contribution is 5.96. The normalized spacial score (nSPS) is 10.8. The Morgan fingerprint density at radius 3 is 2.53 bits per heavy atom. The average Bonchev–Trinajstić information content (AvgIpc) is 2.47. The van der Waals surface area contributed by atoms with Crippen LogP contribution in [0.15, 0.2) is 66.7 Å². The summed E-state index contributed by atoms with van der Waals surface area (Å²) in [4.78, 5) is 0. The SMILES string of the molecule is CNCc1cccc(-c2cccc3ccccc23)c1. The van der Waals surface area contributed by atoms with E-state index in [1.807, 2.05) is 7.05 Å². The first-order valence-electron chi connectivity index (χ1n) is 6.60. The van der Waals surface area contributed by atoms with Crippen molar-refractivity contribution in [3.8, 4) is 11.1 Å². The summed E-state index contributed by atoms with van der Waals surface area (Å²) < 4.78 is 0. The van der Waals surface area contributed by atoms with Crippen LogP contribution in [0.3, 0.4) is 0 Å². The van der Waals surface area contributed by atoms with Crippen molar-refractivity contribution in [1.29, 1.82) is 0 Å². The van der Waals surface area contributed by atoms with Crippen molar-refractivity contribution < 1.29 is 0 Å². The molecular weight excluding hydrogens is 230 g/mol. The second-order valence-electron chi connectivity index (χ2n) is 4.76. The first-order chi connectivity index (χ1) is 9.38. The Hall–Kier alpha value is -2.12. The molecule has 0 heterocycles. The summed E-state index contributed by atoms with van der Waals surface area (Å²) in [5, 5.41) is 5.80. The lowest BCUT2D eigenvalue weighted by molar-refractivity contribution is 0.818. The van der Waals surface area contributed by atoms with Crippen LogP contribution in [0.4, 0.5) is 0 Å². The van der Waals surface area contributed by atoms with Gasteiger partial charge in [-0.1, -0.05) is 60.7 Å². The quantitative estimate of drug-likeness (QED) is 0.730. The van der Waals surface area contributed by atoms with Crippen LogP contribution in [0.5, 0.6) is 0 Å². The highest BCUT2D eigenvalue weighted by Gasteiger charge is 2.03. The van der Waals surface area contributed by atoms with Gasteiger partial charge in [0, 0.05) is 6.54 Å². The molecule has 1 N–H and O–H groups in total. The molecule has 3 aromatic rings. The Morgan fingerprint density at radius 2 is 1.63 bits per heavy atom. The number of nitrogens with one attached hydrogen (secondary N) is 1. The van der Waals surface area contributed by atoms with Gasteiger partial charge in [0.15, 0.2) is 0 Å². The minimum atomic E-state index is 0.901. The summed E-state index contributed by atoms with van der Waals surface area (Å²) in [6.45, 7) is 0.901. The number of fused-ring (bicyclic) bond motifs is 1. The number of rotatable bonds is 3. The van der Waals surface area contributed by atoms with Gasteiger partial charge in [0.25, 0.3) is 0 Å². The molecule has 1 heteroatoms. The zero-order valence-electron chi connectivity index (χ0n) is 11.1. The zero-order chi connectivity index (χ0) is 13.1. The van der Waals surface area contributed by atoms with Gasteiger partial charge < -0.3 is 5.32 Å². The molecule has 19 heavy (non-hydrogen) atoms. The standard InChI is InChI=1S/C18H17N/c1-19-13-14-6-4-9-16(12-14)18-11-5-8-15-7-2-3-10-17(15)18/h2-12,19H,13H2,1H3. The summed E-state index contributed by atoms with van der Waals surface area (Å²) in [5.74, 6) is 0. The fraction of sp³-hybridized carbons (Fsp3) is 0.111. The fourth-order valence-electron chi connectivity index (χ4n) is 2.53. The van der Waals surface area contributed by atoms with E-state index in [0.717, 1.165) is 6.54 Å². The molecule has 0 aliphatic heterocycles. The summed E-state index contributed by atoms with van der Waals surface area (Å²) in [7, 11) is 1.98. The predicted octanol–water partition coefficient (Wildman–Crippen LogP) is 4.23. The van der Waals surface area contributed by atoms with Crippen LogP contribution in [-0.2, 0) is 6.54 Å². The molecule has 0 fully saturated rings. The van der Waals surface area contributed by atoms with Crippen LogP contribution < -0.4 is 5.32 Å². The lowest BCUT2D eigenvalue weighted by Gasteiger charge is -2.08. The molecule has 0 bridgehead atoms. The van der Waals surface area contributed by atoms with Crippen molar-refractivity contribution in [3.63, 3.8) is 0 Å². The second kappa shape index (κ2) is 5.25. The van der Waals surface area contributed by atoms with E-state index in [-0.39, 0.29) is 0 Å². The van der Waals surface area contributed by atoms with Crippen molar-refractivity contribution in [2.45, 2.75) is 6.54 Å². The van der Waals surface area contributed by atoms with Crippen molar-refractivity contribution in [2.24, 2.45) is 0 Å². The molecule has 94 valence electrons. The number of benzene rings is 3. The van der Waals surface area contributed by atoms with Gasteiger partial charge in [-0.05, 0) is 40.6 Å². The van der Waals surface area contributed by atoms with Crippen LogP contribution in [0.1, 0.15) is 5.56 Å². The van der Waals surface area contributed by atoms with Gasteiger partial charge >= 0.3 is 0 Å². The molecule has 0 aliphatic rings. The molecular formula is C18H17N. The van der Waals surface area contributed by atoms with E-state index in [1.165, 1.54) is 27.5 Å². The van der Waals surface area contributed by atoms with Crippen molar-refractivity contribution >= 4 is 10.8 Å². The lowest BCUT2D eigenvalue weighted by Crippen LogP contribution is -2.04. The van der Waals surface area contributed by atoms with Gasteiger partial charge in [-0.25, -0.2) is 0 Å². The summed E-state index contributed by atoms with van der Waals surface area (Å²) >= 11 is 0. The van der Waals surface area contributed by atoms with Crippen molar-refractivity contribution in [2.75, 3.05) is 7.05 Å². The maximum Gasteiger partial charge on any atom is 0.0202 e. The molecule has 0 saturated heterocycles. The molecule has 0 saturated carbocycles. The van der Waals surface area contributed by atoms with Gasteiger partial charge in [-0.15, -0.1) is 0 Å². The highest BCUT2D eigenvalue weighted by atomic mass is 14.8. The molecule has 0 atom stereocenters. The Kier molecular flexibility index (Phi) is 3.30. The molecule has 0 radical (unpaired) electrons. The van der Waals surface area contributed by atoms with E-state index in [0.29, 0.717) is 0 Å². The largest absolute Gasteiger partial charge is 0.316 e. The molecule has 0 unspecified atom stereocenters. The van der Waals surface area contributed by atoms with E-state index >= 15 is 0 Å². The maximum atomic E-state index is 3.20. The van der Waals surface area contributed by atoms with Crippen molar-refractivity contribution in [3.05, 3.63) is 72.3 Å². The third kappa shape index (κ3) is 2.38. The van der Waals surface area contributed by atoms with E-state index in [2.05, 4.69) is 72.0 Å².